The summed E-state index contributed by atoms with van der Waals surface area (Å²) in [6.45, 7) is 4.13. The molecular weight excluding hydrogens is 190 g/mol. The van der Waals surface area contributed by atoms with E-state index in [0.717, 1.165) is 22.4 Å². The lowest BCUT2D eigenvalue weighted by Crippen LogP contribution is -2.20. The molecule has 2 N–H and O–H groups in total. The zero-order valence-electron chi connectivity index (χ0n) is 9.79. The fourth-order valence-corrected chi connectivity index (χ4v) is 1.87. The first-order valence-corrected chi connectivity index (χ1v) is 5.07. The smallest absolute Gasteiger partial charge is 0.124 e. The van der Waals surface area contributed by atoms with Crippen LogP contribution >= 0.6 is 0 Å². The monoisotopic (exact) mass is 209 g/mol. The number of likely N-dealkylation sites (N-methyl/N-ethyl adjacent to an activating group) is 1. The largest absolute Gasteiger partial charge is 0.496 e. The molecule has 15 heavy (non-hydrogen) atoms. The highest BCUT2D eigenvalue weighted by Gasteiger charge is 2.11. The van der Waals surface area contributed by atoms with Crippen LogP contribution in [0.1, 0.15) is 22.7 Å². The number of rotatable bonds is 4. The molecule has 1 aromatic rings. The average Bonchev–Trinajstić information content (AvgIpc) is 2.19. The quantitative estimate of drug-likeness (QED) is 0.790. The van der Waals surface area contributed by atoms with Crippen molar-refractivity contribution in [3.63, 3.8) is 0 Å². The molecular formula is C12H19NO2. The predicted octanol–water partition coefficient (Wildman–Crippen LogP) is 1.56. The Labute approximate surface area is 91.1 Å². The van der Waals surface area contributed by atoms with Crippen LogP contribution in [0.2, 0.25) is 0 Å². The first kappa shape index (κ1) is 12.0. The van der Waals surface area contributed by atoms with Gasteiger partial charge < -0.3 is 15.2 Å². The minimum Gasteiger partial charge on any atom is -0.496 e. The van der Waals surface area contributed by atoms with E-state index < -0.39 is 0 Å². The summed E-state index contributed by atoms with van der Waals surface area (Å²) >= 11 is 0. The van der Waals surface area contributed by atoms with Gasteiger partial charge in [0, 0.05) is 0 Å². The van der Waals surface area contributed by atoms with Gasteiger partial charge in [-0.15, -0.1) is 0 Å². The second-order valence-corrected chi connectivity index (χ2v) is 3.71. The highest BCUT2D eigenvalue weighted by molar-refractivity contribution is 5.44. The molecule has 0 bridgehead atoms. The Balaban J connectivity index is 3.12. The lowest BCUT2D eigenvalue weighted by Gasteiger charge is -2.17. The van der Waals surface area contributed by atoms with E-state index in [1.807, 2.05) is 33.0 Å². The van der Waals surface area contributed by atoms with Gasteiger partial charge in [-0.3, -0.25) is 0 Å². The summed E-state index contributed by atoms with van der Waals surface area (Å²) in [6.07, 6.45) is 0. The van der Waals surface area contributed by atoms with Gasteiger partial charge in [-0.25, -0.2) is 0 Å². The van der Waals surface area contributed by atoms with Crippen LogP contribution in [0.4, 0.5) is 0 Å². The molecule has 0 aliphatic carbocycles. The van der Waals surface area contributed by atoms with Crippen molar-refractivity contribution in [2.45, 2.75) is 19.9 Å². The molecule has 1 aromatic carbocycles. The van der Waals surface area contributed by atoms with E-state index >= 15 is 0 Å². The highest BCUT2D eigenvalue weighted by atomic mass is 16.5. The number of aliphatic hydroxyl groups excluding tert-OH is 1. The van der Waals surface area contributed by atoms with Gasteiger partial charge in [0.05, 0.1) is 19.8 Å². The standard InChI is InChI=1S/C12H19NO2/c1-8-5-10(11(7-14)13-3)6-9(2)12(8)15-4/h5-6,11,13-14H,7H2,1-4H3. The molecule has 3 nitrogen and oxygen atoms in total. The zero-order chi connectivity index (χ0) is 11.4. The second-order valence-electron chi connectivity index (χ2n) is 3.71. The van der Waals surface area contributed by atoms with E-state index in [1.165, 1.54) is 0 Å². The van der Waals surface area contributed by atoms with Gasteiger partial charge in [-0.05, 0) is 37.6 Å². The van der Waals surface area contributed by atoms with Crippen LogP contribution in [-0.4, -0.2) is 25.9 Å². The molecule has 0 spiro atoms. The molecule has 0 fully saturated rings. The van der Waals surface area contributed by atoms with E-state index in [4.69, 9.17) is 4.74 Å². The number of aryl methyl sites for hydroxylation is 2. The molecule has 0 radical (unpaired) electrons. The maximum Gasteiger partial charge on any atom is 0.124 e. The van der Waals surface area contributed by atoms with Crippen molar-refractivity contribution in [2.24, 2.45) is 0 Å². The molecule has 1 atom stereocenters. The summed E-state index contributed by atoms with van der Waals surface area (Å²) in [5.74, 6) is 0.923. The normalized spacial score (nSPS) is 12.6. The van der Waals surface area contributed by atoms with Crippen LogP contribution in [0.5, 0.6) is 5.75 Å². The molecule has 0 amide bonds. The van der Waals surface area contributed by atoms with Crippen molar-refractivity contribution in [3.8, 4) is 5.75 Å². The first-order chi connectivity index (χ1) is 7.13. The maximum atomic E-state index is 9.19. The van der Waals surface area contributed by atoms with Crippen LogP contribution in [0.3, 0.4) is 0 Å². The summed E-state index contributed by atoms with van der Waals surface area (Å²) < 4.78 is 5.29. The number of nitrogens with one attached hydrogen (secondary N) is 1. The third kappa shape index (κ3) is 2.49. The van der Waals surface area contributed by atoms with Crippen LogP contribution in [0.15, 0.2) is 12.1 Å². The Kier molecular flexibility index (Phi) is 4.12. The Morgan fingerprint density at radius 3 is 2.20 bits per heavy atom. The summed E-state index contributed by atoms with van der Waals surface area (Å²) in [5.41, 5.74) is 3.29. The number of hydrogen-bond acceptors (Lipinski definition) is 3. The average molecular weight is 209 g/mol. The number of hydrogen-bond donors (Lipinski definition) is 2. The van der Waals surface area contributed by atoms with Gasteiger partial charge in [-0.2, -0.15) is 0 Å². The number of aliphatic hydroxyl groups is 1. The van der Waals surface area contributed by atoms with Crippen molar-refractivity contribution in [1.82, 2.24) is 5.32 Å². The summed E-state index contributed by atoms with van der Waals surface area (Å²) in [5, 5.41) is 12.3. The van der Waals surface area contributed by atoms with Crippen molar-refractivity contribution >= 4 is 0 Å². The minimum atomic E-state index is -0.00620. The molecule has 0 saturated heterocycles. The van der Waals surface area contributed by atoms with Crippen LogP contribution in [0, 0.1) is 13.8 Å². The first-order valence-electron chi connectivity index (χ1n) is 5.07. The summed E-state index contributed by atoms with van der Waals surface area (Å²) in [6, 6.07) is 4.08. The van der Waals surface area contributed by atoms with Crippen LogP contribution < -0.4 is 10.1 Å². The van der Waals surface area contributed by atoms with Crippen molar-refractivity contribution in [2.75, 3.05) is 20.8 Å². The minimum absolute atomic E-state index is 0.00620. The van der Waals surface area contributed by atoms with E-state index in [2.05, 4.69) is 5.32 Å². The topological polar surface area (TPSA) is 41.5 Å². The SMILES string of the molecule is CNC(CO)c1cc(C)c(OC)c(C)c1. The fourth-order valence-electron chi connectivity index (χ4n) is 1.87. The highest BCUT2D eigenvalue weighted by Crippen LogP contribution is 2.26. The lowest BCUT2D eigenvalue weighted by atomic mass is 10.0. The van der Waals surface area contributed by atoms with Gasteiger partial charge in [0.15, 0.2) is 0 Å². The number of methoxy groups -OCH3 is 1. The van der Waals surface area contributed by atoms with Gasteiger partial charge in [0.1, 0.15) is 5.75 Å². The van der Waals surface area contributed by atoms with Crippen LogP contribution in [-0.2, 0) is 0 Å². The van der Waals surface area contributed by atoms with Gasteiger partial charge in [-0.1, -0.05) is 12.1 Å². The van der Waals surface area contributed by atoms with Crippen molar-refractivity contribution in [3.05, 3.63) is 28.8 Å². The molecule has 0 saturated carbocycles. The van der Waals surface area contributed by atoms with Gasteiger partial charge in [0.25, 0.3) is 0 Å². The molecule has 0 heterocycles. The molecule has 0 aliphatic rings. The Morgan fingerprint density at radius 1 is 1.33 bits per heavy atom. The Bertz CT molecular complexity index is 309. The fraction of sp³-hybridized carbons (Fsp3) is 0.500. The Morgan fingerprint density at radius 2 is 1.87 bits per heavy atom. The second kappa shape index (κ2) is 5.14. The summed E-state index contributed by atoms with van der Waals surface area (Å²) in [7, 11) is 3.52. The van der Waals surface area contributed by atoms with E-state index in [1.54, 1.807) is 7.11 Å². The Hall–Kier alpha value is -1.06. The van der Waals surface area contributed by atoms with Crippen LogP contribution in [0.25, 0.3) is 0 Å². The van der Waals surface area contributed by atoms with E-state index in [0.29, 0.717) is 0 Å². The van der Waals surface area contributed by atoms with E-state index in [9.17, 15) is 5.11 Å². The lowest BCUT2D eigenvalue weighted by molar-refractivity contribution is 0.251. The summed E-state index contributed by atoms with van der Waals surface area (Å²) in [4.78, 5) is 0. The third-order valence-corrected chi connectivity index (χ3v) is 2.62. The molecule has 3 heteroatoms. The predicted molar refractivity (Wildman–Crippen MR) is 61.4 cm³/mol. The van der Waals surface area contributed by atoms with Crippen molar-refractivity contribution < 1.29 is 9.84 Å². The molecule has 1 unspecified atom stereocenters. The molecule has 0 aromatic heterocycles. The molecule has 84 valence electrons. The molecule has 1 rings (SSSR count). The molecule has 0 aliphatic heterocycles. The zero-order valence-corrected chi connectivity index (χ0v) is 9.79. The number of benzene rings is 1. The number of ether oxygens (including phenoxy) is 1. The maximum absolute atomic E-state index is 9.19. The van der Waals surface area contributed by atoms with Gasteiger partial charge in [0.2, 0.25) is 0 Å². The third-order valence-electron chi connectivity index (χ3n) is 2.62. The van der Waals surface area contributed by atoms with E-state index in [-0.39, 0.29) is 12.6 Å². The van der Waals surface area contributed by atoms with Gasteiger partial charge >= 0.3 is 0 Å². The van der Waals surface area contributed by atoms with Crippen molar-refractivity contribution in [1.29, 1.82) is 0 Å².